The summed E-state index contributed by atoms with van der Waals surface area (Å²) in [5.74, 6) is 3.13. The first-order valence-electron chi connectivity index (χ1n) is 8.09. The molecule has 1 aliphatic carbocycles. The zero-order valence-electron chi connectivity index (χ0n) is 13.4. The van der Waals surface area contributed by atoms with Gasteiger partial charge >= 0.3 is 0 Å². The number of nitrogens with one attached hydrogen (secondary N) is 1. The topological polar surface area (TPSA) is 41.1 Å². The fourth-order valence-corrected chi connectivity index (χ4v) is 2.49. The quantitative estimate of drug-likeness (QED) is 0.788. The van der Waals surface area contributed by atoms with Gasteiger partial charge in [0.1, 0.15) is 17.5 Å². The van der Waals surface area contributed by atoms with Crippen LogP contribution in [0.2, 0.25) is 0 Å². The number of anilines is 2. The second kappa shape index (κ2) is 6.91. The van der Waals surface area contributed by atoms with E-state index in [1.807, 2.05) is 0 Å². The number of nitrogens with zero attached hydrogens (tertiary/aromatic N) is 3. The molecule has 0 aromatic carbocycles. The third kappa shape index (κ3) is 3.41. The van der Waals surface area contributed by atoms with Crippen molar-refractivity contribution in [3.63, 3.8) is 0 Å². The van der Waals surface area contributed by atoms with Crippen molar-refractivity contribution in [2.45, 2.75) is 65.8 Å². The first-order chi connectivity index (χ1) is 9.71. The average Bonchev–Trinajstić information content (AvgIpc) is 3.28. The van der Waals surface area contributed by atoms with Crippen molar-refractivity contribution in [3.05, 3.63) is 11.4 Å². The molecule has 0 radical (unpaired) electrons. The van der Waals surface area contributed by atoms with E-state index in [0.717, 1.165) is 43.4 Å². The standard InChI is InChI=1S/C16H28N4/c1-5-10-17-15-12(4)16(19-14(7-3)18-15)20(11-6-2)13-8-9-13/h13H,5-11H2,1-4H3,(H,17,18,19). The largest absolute Gasteiger partial charge is 0.370 e. The molecule has 0 amide bonds. The molecule has 0 spiro atoms. The van der Waals surface area contributed by atoms with Gasteiger partial charge in [0, 0.05) is 31.1 Å². The highest BCUT2D eigenvalue weighted by Crippen LogP contribution is 2.34. The van der Waals surface area contributed by atoms with Crippen LogP contribution < -0.4 is 10.2 Å². The Morgan fingerprint density at radius 3 is 2.45 bits per heavy atom. The van der Waals surface area contributed by atoms with E-state index >= 15 is 0 Å². The SMILES string of the molecule is CCCNc1nc(CC)nc(N(CCC)C2CC2)c1C. The van der Waals surface area contributed by atoms with E-state index in [2.05, 4.69) is 42.9 Å². The highest BCUT2D eigenvalue weighted by atomic mass is 15.2. The lowest BCUT2D eigenvalue weighted by Crippen LogP contribution is -2.29. The molecule has 1 fully saturated rings. The summed E-state index contributed by atoms with van der Waals surface area (Å²) in [5.41, 5.74) is 1.20. The van der Waals surface area contributed by atoms with Gasteiger partial charge in [0.15, 0.2) is 0 Å². The molecule has 1 saturated carbocycles. The molecule has 1 aliphatic rings. The smallest absolute Gasteiger partial charge is 0.137 e. The highest BCUT2D eigenvalue weighted by molar-refractivity contribution is 5.59. The van der Waals surface area contributed by atoms with Gasteiger partial charge in [0.05, 0.1) is 0 Å². The summed E-state index contributed by atoms with van der Waals surface area (Å²) >= 11 is 0. The van der Waals surface area contributed by atoms with Crippen LogP contribution in [-0.4, -0.2) is 29.1 Å². The Morgan fingerprint density at radius 1 is 1.15 bits per heavy atom. The lowest BCUT2D eigenvalue weighted by atomic mass is 10.2. The Hall–Kier alpha value is -1.32. The average molecular weight is 276 g/mol. The van der Waals surface area contributed by atoms with Crippen molar-refractivity contribution in [1.29, 1.82) is 0 Å². The summed E-state index contributed by atoms with van der Waals surface area (Å²) in [6.45, 7) is 10.8. The van der Waals surface area contributed by atoms with E-state index < -0.39 is 0 Å². The van der Waals surface area contributed by atoms with Crippen molar-refractivity contribution in [2.75, 3.05) is 23.3 Å². The maximum Gasteiger partial charge on any atom is 0.137 e. The Bertz CT molecular complexity index is 440. The van der Waals surface area contributed by atoms with E-state index in [4.69, 9.17) is 4.98 Å². The minimum Gasteiger partial charge on any atom is -0.370 e. The normalized spacial score (nSPS) is 14.4. The molecule has 4 heteroatoms. The van der Waals surface area contributed by atoms with Crippen molar-refractivity contribution < 1.29 is 0 Å². The fourth-order valence-electron chi connectivity index (χ4n) is 2.49. The van der Waals surface area contributed by atoms with Crippen LogP contribution >= 0.6 is 0 Å². The summed E-state index contributed by atoms with van der Waals surface area (Å²) in [6, 6.07) is 0.701. The van der Waals surface area contributed by atoms with E-state index in [1.54, 1.807) is 0 Å². The maximum atomic E-state index is 4.81. The van der Waals surface area contributed by atoms with Crippen LogP contribution in [0.5, 0.6) is 0 Å². The maximum absolute atomic E-state index is 4.81. The number of hydrogen-bond donors (Lipinski definition) is 1. The molecular formula is C16H28N4. The van der Waals surface area contributed by atoms with Crippen molar-refractivity contribution in [2.24, 2.45) is 0 Å². The van der Waals surface area contributed by atoms with Crippen LogP contribution in [0, 0.1) is 6.92 Å². The van der Waals surface area contributed by atoms with Gasteiger partial charge in [0.2, 0.25) is 0 Å². The second-order valence-corrected chi connectivity index (χ2v) is 5.64. The molecule has 1 aromatic rings. The van der Waals surface area contributed by atoms with Crippen LogP contribution in [0.15, 0.2) is 0 Å². The predicted octanol–water partition coefficient (Wildman–Crippen LogP) is 3.55. The van der Waals surface area contributed by atoms with Gasteiger partial charge in [-0.25, -0.2) is 9.97 Å². The third-order valence-corrected chi connectivity index (χ3v) is 3.75. The van der Waals surface area contributed by atoms with Gasteiger partial charge in [-0.2, -0.15) is 0 Å². The lowest BCUT2D eigenvalue weighted by molar-refractivity contribution is 0.737. The molecule has 4 nitrogen and oxygen atoms in total. The zero-order valence-corrected chi connectivity index (χ0v) is 13.4. The molecule has 112 valence electrons. The number of rotatable bonds is 8. The Labute approximate surface area is 123 Å². The Morgan fingerprint density at radius 2 is 1.90 bits per heavy atom. The molecule has 1 aromatic heterocycles. The fraction of sp³-hybridized carbons (Fsp3) is 0.750. The van der Waals surface area contributed by atoms with Crippen LogP contribution in [0.4, 0.5) is 11.6 Å². The molecule has 20 heavy (non-hydrogen) atoms. The summed E-state index contributed by atoms with van der Waals surface area (Å²) in [7, 11) is 0. The van der Waals surface area contributed by atoms with Gasteiger partial charge in [-0.1, -0.05) is 20.8 Å². The summed E-state index contributed by atoms with van der Waals surface area (Å²) in [6.07, 6.45) is 5.78. The minimum atomic E-state index is 0.701. The van der Waals surface area contributed by atoms with Crippen LogP contribution in [-0.2, 0) is 6.42 Å². The van der Waals surface area contributed by atoms with Crippen LogP contribution in [0.25, 0.3) is 0 Å². The van der Waals surface area contributed by atoms with Gasteiger partial charge < -0.3 is 10.2 Å². The molecule has 0 unspecified atom stereocenters. The first kappa shape index (κ1) is 15.1. The molecule has 0 aliphatic heterocycles. The molecule has 0 bridgehead atoms. The highest BCUT2D eigenvalue weighted by Gasteiger charge is 2.31. The summed E-state index contributed by atoms with van der Waals surface area (Å²) in [5, 5.41) is 3.46. The molecular weight excluding hydrogens is 248 g/mol. The molecule has 0 saturated heterocycles. The summed E-state index contributed by atoms with van der Waals surface area (Å²) < 4.78 is 0. The molecule has 1 heterocycles. The molecule has 2 rings (SSSR count). The predicted molar refractivity (Wildman–Crippen MR) is 85.6 cm³/mol. The van der Waals surface area contributed by atoms with Gasteiger partial charge in [-0.3, -0.25) is 0 Å². The van der Waals surface area contributed by atoms with Crippen molar-refractivity contribution in [3.8, 4) is 0 Å². The second-order valence-electron chi connectivity index (χ2n) is 5.64. The molecule has 1 N–H and O–H groups in total. The Kier molecular flexibility index (Phi) is 5.21. The molecule has 0 atom stereocenters. The van der Waals surface area contributed by atoms with Gasteiger partial charge in [-0.05, 0) is 32.6 Å². The van der Waals surface area contributed by atoms with Crippen LogP contribution in [0.3, 0.4) is 0 Å². The van der Waals surface area contributed by atoms with E-state index in [9.17, 15) is 0 Å². The lowest BCUT2D eigenvalue weighted by Gasteiger charge is -2.26. The summed E-state index contributed by atoms with van der Waals surface area (Å²) in [4.78, 5) is 12.0. The van der Waals surface area contributed by atoms with Gasteiger partial charge in [-0.15, -0.1) is 0 Å². The first-order valence-corrected chi connectivity index (χ1v) is 8.09. The Balaban J connectivity index is 2.33. The number of aromatic nitrogens is 2. The number of hydrogen-bond acceptors (Lipinski definition) is 4. The number of aryl methyl sites for hydroxylation is 1. The van der Waals surface area contributed by atoms with Crippen molar-refractivity contribution >= 4 is 11.6 Å². The van der Waals surface area contributed by atoms with Gasteiger partial charge in [0.25, 0.3) is 0 Å². The minimum absolute atomic E-state index is 0.701. The van der Waals surface area contributed by atoms with E-state index in [0.29, 0.717) is 6.04 Å². The van der Waals surface area contributed by atoms with Crippen LogP contribution in [0.1, 0.15) is 57.8 Å². The van der Waals surface area contributed by atoms with E-state index in [-0.39, 0.29) is 0 Å². The van der Waals surface area contributed by atoms with E-state index in [1.165, 1.54) is 24.8 Å². The monoisotopic (exact) mass is 276 g/mol. The van der Waals surface area contributed by atoms with Crippen molar-refractivity contribution in [1.82, 2.24) is 9.97 Å². The third-order valence-electron chi connectivity index (χ3n) is 3.75. The zero-order chi connectivity index (χ0) is 14.5.